The van der Waals surface area contributed by atoms with E-state index in [4.69, 9.17) is 4.74 Å². The minimum atomic E-state index is -0.578. The quantitative estimate of drug-likeness (QED) is 0.518. The third kappa shape index (κ3) is 7.27. The molecule has 0 fully saturated rings. The molecule has 18 heavy (non-hydrogen) atoms. The minimum Gasteiger partial charge on any atom is -0.465 e. The predicted octanol–water partition coefficient (Wildman–Crippen LogP) is 3.09. The number of carbonyl (C=O) groups is 1. The van der Waals surface area contributed by atoms with Crippen molar-refractivity contribution in [2.45, 2.75) is 59.5 Å². The third-order valence-electron chi connectivity index (χ3n) is 2.56. The van der Waals surface area contributed by atoms with E-state index in [9.17, 15) is 4.79 Å². The number of rotatable bonds is 9. The Morgan fingerprint density at radius 1 is 1.33 bits per heavy atom. The Morgan fingerprint density at radius 3 is 2.39 bits per heavy atom. The van der Waals surface area contributed by atoms with Crippen molar-refractivity contribution in [3.8, 4) is 0 Å². The number of hydrogen-bond donors (Lipinski definition) is 1. The summed E-state index contributed by atoms with van der Waals surface area (Å²) >= 11 is 1.82. The van der Waals surface area contributed by atoms with Crippen LogP contribution in [0.4, 0.5) is 0 Å². The Labute approximate surface area is 116 Å². The van der Waals surface area contributed by atoms with Gasteiger partial charge >= 0.3 is 5.97 Å². The molecule has 1 atom stereocenters. The van der Waals surface area contributed by atoms with Crippen LogP contribution in [-0.2, 0) is 9.53 Å². The number of thioether (sulfide) groups is 1. The second-order valence-electron chi connectivity index (χ2n) is 5.59. The van der Waals surface area contributed by atoms with E-state index in [1.165, 1.54) is 6.42 Å². The van der Waals surface area contributed by atoms with E-state index in [1.54, 1.807) is 0 Å². The third-order valence-corrected chi connectivity index (χ3v) is 3.87. The van der Waals surface area contributed by atoms with Gasteiger partial charge in [-0.2, -0.15) is 11.8 Å². The van der Waals surface area contributed by atoms with Crippen LogP contribution in [0.25, 0.3) is 0 Å². The fraction of sp³-hybridized carbons (Fsp3) is 0.929. The van der Waals surface area contributed by atoms with Crippen LogP contribution in [0, 0.1) is 5.92 Å². The summed E-state index contributed by atoms with van der Waals surface area (Å²) in [4.78, 5) is 12.0. The molecule has 0 aromatic carbocycles. The van der Waals surface area contributed by atoms with Crippen molar-refractivity contribution in [3.63, 3.8) is 0 Å². The van der Waals surface area contributed by atoms with Crippen LogP contribution in [0.15, 0.2) is 0 Å². The van der Waals surface area contributed by atoms with Crippen molar-refractivity contribution in [1.29, 1.82) is 0 Å². The predicted molar refractivity (Wildman–Crippen MR) is 80.1 cm³/mol. The standard InChI is InChI=1S/C14H29NO2S/c1-7-17-13(16)14(6,15-12(4)5)10-18-9-8-11(2)3/h11-12,15H,7-10H2,1-6H3. The molecule has 0 saturated carbocycles. The van der Waals surface area contributed by atoms with Crippen LogP contribution in [0.5, 0.6) is 0 Å². The molecule has 0 radical (unpaired) electrons. The summed E-state index contributed by atoms with van der Waals surface area (Å²) in [5, 5.41) is 3.33. The topological polar surface area (TPSA) is 38.3 Å². The summed E-state index contributed by atoms with van der Waals surface area (Å²) < 4.78 is 5.17. The molecule has 0 amide bonds. The van der Waals surface area contributed by atoms with E-state index >= 15 is 0 Å². The molecule has 0 spiro atoms. The van der Waals surface area contributed by atoms with Gasteiger partial charge in [0.25, 0.3) is 0 Å². The first-order valence-corrected chi connectivity index (χ1v) is 8.00. The normalized spacial score (nSPS) is 14.9. The fourth-order valence-electron chi connectivity index (χ4n) is 1.68. The highest BCUT2D eigenvalue weighted by atomic mass is 32.2. The van der Waals surface area contributed by atoms with Crippen molar-refractivity contribution in [1.82, 2.24) is 5.32 Å². The zero-order chi connectivity index (χ0) is 14.2. The van der Waals surface area contributed by atoms with E-state index in [1.807, 2.05) is 25.6 Å². The van der Waals surface area contributed by atoms with E-state index in [2.05, 4.69) is 33.0 Å². The smallest absolute Gasteiger partial charge is 0.326 e. The largest absolute Gasteiger partial charge is 0.465 e. The molecule has 0 rings (SSSR count). The number of carbonyl (C=O) groups excluding carboxylic acids is 1. The lowest BCUT2D eigenvalue weighted by Gasteiger charge is -2.30. The molecule has 0 aromatic rings. The van der Waals surface area contributed by atoms with Crippen LogP contribution in [0.2, 0.25) is 0 Å². The minimum absolute atomic E-state index is 0.143. The van der Waals surface area contributed by atoms with Crippen LogP contribution in [0.1, 0.15) is 48.0 Å². The lowest BCUT2D eigenvalue weighted by molar-refractivity contribution is -0.149. The molecule has 0 bridgehead atoms. The molecule has 4 heteroatoms. The van der Waals surface area contributed by atoms with Gasteiger partial charge in [-0.05, 0) is 45.8 Å². The zero-order valence-corrected chi connectivity index (χ0v) is 13.5. The van der Waals surface area contributed by atoms with Crippen molar-refractivity contribution in [2.24, 2.45) is 5.92 Å². The van der Waals surface area contributed by atoms with Crippen LogP contribution in [0.3, 0.4) is 0 Å². The first kappa shape index (κ1) is 17.8. The lowest BCUT2D eigenvalue weighted by Crippen LogP contribution is -2.55. The van der Waals surface area contributed by atoms with Gasteiger partial charge in [-0.15, -0.1) is 0 Å². The first-order valence-electron chi connectivity index (χ1n) is 6.84. The van der Waals surface area contributed by atoms with Crippen molar-refractivity contribution in [3.05, 3.63) is 0 Å². The molecular weight excluding hydrogens is 246 g/mol. The number of ether oxygens (including phenoxy) is 1. The molecule has 0 aliphatic heterocycles. The van der Waals surface area contributed by atoms with Gasteiger partial charge in [0, 0.05) is 11.8 Å². The summed E-state index contributed by atoms with van der Waals surface area (Å²) in [6.07, 6.45) is 1.19. The highest BCUT2D eigenvalue weighted by molar-refractivity contribution is 7.99. The second-order valence-corrected chi connectivity index (χ2v) is 6.69. The van der Waals surface area contributed by atoms with Gasteiger partial charge in [0.15, 0.2) is 0 Å². The lowest BCUT2D eigenvalue weighted by atomic mass is 10.0. The van der Waals surface area contributed by atoms with Crippen LogP contribution in [-0.4, -0.2) is 35.7 Å². The van der Waals surface area contributed by atoms with E-state index < -0.39 is 5.54 Å². The molecule has 0 heterocycles. The van der Waals surface area contributed by atoms with E-state index in [0.717, 1.165) is 11.5 Å². The average Bonchev–Trinajstić information content (AvgIpc) is 2.23. The molecule has 1 unspecified atom stereocenters. The number of hydrogen-bond acceptors (Lipinski definition) is 4. The molecule has 0 saturated heterocycles. The van der Waals surface area contributed by atoms with Crippen molar-refractivity contribution >= 4 is 17.7 Å². The SMILES string of the molecule is CCOC(=O)C(C)(CSCCC(C)C)NC(C)C. The highest BCUT2D eigenvalue weighted by Gasteiger charge is 2.34. The van der Waals surface area contributed by atoms with Crippen molar-refractivity contribution in [2.75, 3.05) is 18.1 Å². The maximum Gasteiger partial charge on any atom is 0.326 e. The molecule has 0 aliphatic carbocycles. The highest BCUT2D eigenvalue weighted by Crippen LogP contribution is 2.18. The Balaban J connectivity index is 4.33. The Bertz CT molecular complexity index is 244. The van der Waals surface area contributed by atoms with E-state index in [0.29, 0.717) is 12.5 Å². The molecule has 3 nitrogen and oxygen atoms in total. The van der Waals surface area contributed by atoms with Crippen molar-refractivity contribution < 1.29 is 9.53 Å². The summed E-state index contributed by atoms with van der Waals surface area (Å²) in [7, 11) is 0. The van der Waals surface area contributed by atoms with Gasteiger partial charge in [0.05, 0.1) is 6.61 Å². The monoisotopic (exact) mass is 275 g/mol. The first-order chi connectivity index (χ1) is 8.31. The van der Waals surface area contributed by atoms with Gasteiger partial charge in [0.2, 0.25) is 0 Å². The Kier molecular flexibility index (Phi) is 8.70. The maximum absolute atomic E-state index is 12.0. The van der Waals surface area contributed by atoms with Gasteiger partial charge in [0.1, 0.15) is 5.54 Å². The molecule has 1 N–H and O–H groups in total. The summed E-state index contributed by atoms with van der Waals surface area (Å²) in [5.74, 6) is 2.42. The second kappa shape index (κ2) is 8.81. The van der Waals surface area contributed by atoms with Crippen LogP contribution < -0.4 is 5.32 Å². The Hall–Kier alpha value is -0.220. The number of esters is 1. The fourth-order valence-corrected chi connectivity index (χ4v) is 3.07. The Morgan fingerprint density at radius 2 is 1.94 bits per heavy atom. The average molecular weight is 275 g/mol. The van der Waals surface area contributed by atoms with Gasteiger partial charge in [-0.3, -0.25) is 10.1 Å². The molecular formula is C14H29NO2S. The maximum atomic E-state index is 12.0. The van der Waals surface area contributed by atoms with Crippen LogP contribution >= 0.6 is 11.8 Å². The van der Waals surface area contributed by atoms with E-state index in [-0.39, 0.29) is 12.0 Å². The number of nitrogens with one attached hydrogen (secondary N) is 1. The summed E-state index contributed by atoms with van der Waals surface area (Å²) in [6.45, 7) is 12.8. The molecule has 0 aromatic heterocycles. The summed E-state index contributed by atoms with van der Waals surface area (Å²) in [5.41, 5.74) is -0.578. The van der Waals surface area contributed by atoms with Gasteiger partial charge in [-0.1, -0.05) is 13.8 Å². The van der Waals surface area contributed by atoms with Gasteiger partial charge < -0.3 is 4.74 Å². The summed E-state index contributed by atoms with van der Waals surface area (Å²) in [6, 6.07) is 0.269. The zero-order valence-electron chi connectivity index (χ0n) is 12.7. The molecule has 108 valence electrons. The van der Waals surface area contributed by atoms with Gasteiger partial charge in [-0.25, -0.2) is 0 Å². The molecule has 0 aliphatic rings.